The third kappa shape index (κ3) is 3.02. The molecule has 1 unspecified atom stereocenters. The van der Waals surface area contributed by atoms with E-state index in [1.165, 1.54) is 34.3 Å². The van der Waals surface area contributed by atoms with Gasteiger partial charge in [0.15, 0.2) is 0 Å². The van der Waals surface area contributed by atoms with Gasteiger partial charge in [0.25, 0.3) is 0 Å². The van der Waals surface area contributed by atoms with Crippen LogP contribution in [0.1, 0.15) is 23.2 Å². The molecule has 3 aromatic rings. The largest absolute Gasteiger partial charge is 0.497 e. The zero-order valence-electron chi connectivity index (χ0n) is 16.7. The monoisotopic (exact) mass is 373 g/mol. The lowest BCUT2D eigenvalue weighted by atomic mass is 10.1. The van der Waals surface area contributed by atoms with Crippen molar-refractivity contribution in [1.29, 1.82) is 0 Å². The van der Waals surface area contributed by atoms with Crippen molar-refractivity contribution in [2.75, 3.05) is 31.6 Å². The summed E-state index contributed by atoms with van der Waals surface area (Å²) in [5.41, 5.74) is 6.47. The minimum atomic E-state index is 0.571. The number of aryl methyl sites for hydroxylation is 1. The van der Waals surface area contributed by atoms with E-state index in [2.05, 4.69) is 59.2 Å². The Morgan fingerprint density at radius 1 is 1.11 bits per heavy atom. The van der Waals surface area contributed by atoms with Gasteiger partial charge in [0.1, 0.15) is 5.75 Å². The molecule has 2 aliphatic heterocycles. The van der Waals surface area contributed by atoms with Crippen LogP contribution in [0.5, 0.6) is 5.75 Å². The molecule has 0 saturated carbocycles. The molecule has 1 saturated heterocycles. The van der Waals surface area contributed by atoms with E-state index < -0.39 is 0 Å². The lowest BCUT2D eigenvalue weighted by Gasteiger charge is -2.28. The Bertz CT molecular complexity index is 1000. The predicted molar refractivity (Wildman–Crippen MR) is 114 cm³/mol. The van der Waals surface area contributed by atoms with Crippen molar-refractivity contribution in [2.24, 2.45) is 0 Å². The quantitative estimate of drug-likeness (QED) is 0.686. The molecule has 4 nitrogen and oxygen atoms in total. The summed E-state index contributed by atoms with van der Waals surface area (Å²) in [7, 11) is 1.74. The second-order valence-electron chi connectivity index (χ2n) is 8.01. The van der Waals surface area contributed by atoms with Gasteiger partial charge in [-0.3, -0.25) is 9.88 Å². The lowest BCUT2D eigenvalue weighted by Crippen LogP contribution is -2.36. The van der Waals surface area contributed by atoms with Crippen LogP contribution < -0.4 is 9.64 Å². The molecule has 0 radical (unpaired) electrons. The smallest absolute Gasteiger partial charge is 0.119 e. The molecule has 0 bridgehead atoms. The van der Waals surface area contributed by atoms with E-state index in [-0.39, 0.29) is 0 Å². The van der Waals surface area contributed by atoms with Crippen LogP contribution in [0.3, 0.4) is 0 Å². The van der Waals surface area contributed by atoms with E-state index >= 15 is 0 Å². The summed E-state index contributed by atoms with van der Waals surface area (Å²) in [6.45, 7) is 6.58. The summed E-state index contributed by atoms with van der Waals surface area (Å²) >= 11 is 0. The number of aromatic nitrogens is 1. The average molecular weight is 374 g/mol. The van der Waals surface area contributed by atoms with Gasteiger partial charge in [0.05, 0.1) is 18.3 Å². The van der Waals surface area contributed by atoms with Crippen LogP contribution >= 0.6 is 0 Å². The van der Waals surface area contributed by atoms with Gasteiger partial charge < -0.3 is 9.64 Å². The molecule has 2 aliphatic rings. The Kier molecular flexibility index (Phi) is 4.44. The fraction of sp³-hybridized carbons (Fsp3) is 0.375. The maximum Gasteiger partial charge on any atom is 0.119 e. The van der Waals surface area contributed by atoms with Gasteiger partial charge in [-0.1, -0.05) is 30.3 Å². The number of pyridine rings is 1. The van der Waals surface area contributed by atoms with Crippen molar-refractivity contribution in [3.63, 3.8) is 0 Å². The third-order valence-corrected chi connectivity index (χ3v) is 6.30. The molecule has 0 N–H and O–H groups in total. The van der Waals surface area contributed by atoms with Crippen LogP contribution in [0, 0.1) is 6.92 Å². The van der Waals surface area contributed by atoms with E-state index in [1.807, 2.05) is 6.07 Å². The molecule has 0 spiro atoms. The topological polar surface area (TPSA) is 28.6 Å². The van der Waals surface area contributed by atoms with Gasteiger partial charge in [-0.15, -0.1) is 0 Å². The first-order valence-corrected chi connectivity index (χ1v) is 10.2. The molecule has 1 fully saturated rings. The first kappa shape index (κ1) is 17.5. The molecule has 2 aromatic carbocycles. The van der Waals surface area contributed by atoms with Crippen molar-refractivity contribution in [3.05, 3.63) is 65.4 Å². The predicted octanol–water partition coefficient (Wildman–Crippen LogP) is 4.19. The van der Waals surface area contributed by atoms with Gasteiger partial charge in [0.2, 0.25) is 0 Å². The summed E-state index contributed by atoms with van der Waals surface area (Å²) in [4.78, 5) is 10.1. The minimum absolute atomic E-state index is 0.571. The van der Waals surface area contributed by atoms with Gasteiger partial charge in [0, 0.05) is 43.3 Å². The molecule has 4 heteroatoms. The average Bonchev–Trinajstić information content (AvgIpc) is 3.36. The molecule has 28 heavy (non-hydrogen) atoms. The zero-order valence-corrected chi connectivity index (χ0v) is 16.7. The van der Waals surface area contributed by atoms with E-state index in [0.29, 0.717) is 6.04 Å². The van der Waals surface area contributed by atoms with Crippen LogP contribution in [-0.4, -0.2) is 42.7 Å². The van der Waals surface area contributed by atoms with Crippen molar-refractivity contribution >= 4 is 16.6 Å². The maximum absolute atomic E-state index is 5.50. The molecule has 0 amide bonds. The SMILES string of the molecule is COc1ccc2nc(C)c3c(c2c1)N(C1CCN(Cc2ccccc2)C1)CC3. The lowest BCUT2D eigenvalue weighted by molar-refractivity contribution is 0.325. The number of fused-ring (bicyclic) bond motifs is 3. The summed E-state index contributed by atoms with van der Waals surface area (Å²) < 4.78 is 5.50. The molecule has 1 aromatic heterocycles. The standard InChI is InChI=1S/C24H27N3O/c1-17-21-11-13-27(24(21)22-14-20(28-2)8-9-23(22)25-17)19-10-12-26(16-19)15-18-6-4-3-5-7-18/h3-9,14,19H,10-13,15-16H2,1-2H3. The number of ether oxygens (including phenoxy) is 1. The Hall–Kier alpha value is -2.59. The Morgan fingerprint density at radius 2 is 1.96 bits per heavy atom. The molecule has 0 aliphatic carbocycles. The first-order chi connectivity index (χ1) is 13.7. The van der Waals surface area contributed by atoms with Gasteiger partial charge in [-0.25, -0.2) is 0 Å². The zero-order chi connectivity index (χ0) is 19.1. The molecule has 1 atom stereocenters. The van der Waals surface area contributed by atoms with Gasteiger partial charge in [-0.05, 0) is 49.1 Å². The minimum Gasteiger partial charge on any atom is -0.497 e. The highest BCUT2D eigenvalue weighted by Gasteiger charge is 2.34. The number of nitrogens with zero attached hydrogens (tertiary/aromatic N) is 3. The van der Waals surface area contributed by atoms with Crippen LogP contribution in [0.2, 0.25) is 0 Å². The second kappa shape index (κ2) is 7.10. The fourth-order valence-electron chi connectivity index (χ4n) is 4.90. The van der Waals surface area contributed by atoms with Crippen molar-refractivity contribution < 1.29 is 4.74 Å². The van der Waals surface area contributed by atoms with Crippen LogP contribution in [0.4, 0.5) is 5.69 Å². The van der Waals surface area contributed by atoms with Crippen molar-refractivity contribution in [2.45, 2.75) is 32.4 Å². The number of anilines is 1. The summed E-state index contributed by atoms with van der Waals surface area (Å²) in [6.07, 6.45) is 2.32. The van der Waals surface area contributed by atoms with Crippen molar-refractivity contribution in [1.82, 2.24) is 9.88 Å². The molecule has 144 valence electrons. The Labute approximate surface area is 166 Å². The Balaban J connectivity index is 1.44. The van der Waals surface area contributed by atoms with Crippen LogP contribution in [-0.2, 0) is 13.0 Å². The second-order valence-corrected chi connectivity index (χ2v) is 8.01. The summed E-state index contributed by atoms with van der Waals surface area (Å²) in [5, 5.41) is 1.24. The molecule has 5 rings (SSSR count). The van der Waals surface area contributed by atoms with Gasteiger partial charge in [-0.2, -0.15) is 0 Å². The molecule has 3 heterocycles. The summed E-state index contributed by atoms with van der Waals surface area (Å²) in [5.74, 6) is 0.907. The molecular weight excluding hydrogens is 346 g/mol. The number of hydrogen-bond donors (Lipinski definition) is 0. The van der Waals surface area contributed by atoms with E-state index in [9.17, 15) is 0 Å². The van der Waals surface area contributed by atoms with Crippen molar-refractivity contribution in [3.8, 4) is 5.75 Å². The normalized spacial score (nSPS) is 19.4. The number of rotatable bonds is 4. The fourth-order valence-corrected chi connectivity index (χ4v) is 4.90. The highest BCUT2D eigenvalue weighted by atomic mass is 16.5. The summed E-state index contributed by atoms with van der Waals surface area (Å²) in [6, 6.07) is 17.7. The third-order valence-electron chi connectivity index (χ3n) is 6.30. The molecular formula is C24H27N3O. The first-order valence-electron chi connectivity index (χ1n) is 10.2. The maximum atomic E-state index is 5.50. The van der Waals surface area contributed by atoms with E-state index in [0.717, 1.165) is 43.9 Å². The highest BCUT2D eigenvalue weighted by molar-refractivity contribution is 5.96. The van der Waals surface area contributed by atoms with Gasteiger partial charge >= 0.3 is 0 Å². The Morgan fingerprint density at radius 3 is 2.79 bits per heavy atom. The van der Waals surface area contributed by atoms with Crippen LogP contribution in [0.25, 0.3) is 10.9 Å². The number of benzene rings is 2. The highest BCUT2D eigenvalue weighted by Crippen LogP contribution is 2.40. The van der Waals surface area contributed by atoms with E-state index in [4.69, 9.17) is 9.72 Å². The number of methoxy groups -OCH3 is 1. The van der Waals surface area contributed by atoms with Crippen LogP contribution in [0.15, 0.2) is 48.5 Å². The number of hydrogen-bond acceptors (Lipinski definition) is 4. The van der Waals surface area contributed by atoms with E-state index in [1.54, 1.807) is 7.11 Å². The number of likely N-dealkylation sites (tertiary alicyclic amines) is 1.